The zero-order valence-electron chi connectivity index (χ0n) is 16.7. The van der Waals surface area contributed by atoms with Crippen molar-refractivity contribution in [1.82, 2.24) is 15.2 Å². The maximum absolute atomic E-state index is 12.6. The molecule has 9 nitrogen and oxygen atoms in total. The predicted octanol–water partition coefficient (Wildman–Crippen LogP) is 1.51. The first-order chi connectivity index (χ1) is 13.2. The molecule has 0 radical (unpaired) electrons. The molecular formula is C19H27N3O6. The van der Waals surface area contributed by atoms with Crippen LogP contribution in [0.2, 0.25) is 0 Å². The Kier molecular flexibility index (Phi) is 7.33. The SMILES string of the molecule is CCOC(=O)c1ccc(CNC(=O)[C@H]2COCCN2C(=O)OC(C)(C)C)nc1. The standard InChI is InChI=1S/C19H27N3O6/c1-5-27-17(24)13-6-7-14(20-10-13)11-21-16(23)15-12-26-9-8-22(15)18(25)28-19(2,3)4/h6-7,10,15H,5,8-9,11-12H2,1-4H3,(H,21,23)/t15-/m1/s1. The molecule has 1 fully saturated rings. The van der Waals surface area contributed by atoms with Crippen LogP contribution in [0.5, 0.6) is 0 Å². The summed E-state index contributed by atoms with van der Waals surface area (Å²) in [6.45, 7) is 8.20. The molecule has 1 aliphatic heterocycles. The average molecular weight is 393 g/mol. The summed E-state index contributed by atoms with van der Waals surface area (Å²) in [6, 6.07) is 2.45. The lowest BCUT2D eigenvalue weighted by molar-refractivity contribution is -0.132. The minimum absolute atomic E-state index is 0.0975. The molecular weight excluding hydrogens is 366 g/mol. The van der Waals surface area contributed by atoms with Gasteiger partial charge in [-0.2, -0.15) is 0 Å². The normalized spacial score (nSPS) is 17.0. The largest absolute Gasteiger partial charge is 0.462 e. The van der Waals surface area contributed by atoms with Gasteiger partial charge in [-0.05, 0) is 39.8 Å². The Balaban J connectivity index is 1.95. The van der Waals surface area contributed by atoms with Crippen LogP contribution in [0.25, 0.3) is 0 Å². The van der Waals surface area contributed by atoms with E-state index < -0.39 is 23.7 Å². The van der Waals surface area contributed by atoms with Crippen LogP contribution in [0.1, 0.15) is 43.7 Å². The summed E-state index contributed by atoms with van der Waals surface area (Å²) in [6.07, 6.45) is 0.851. The van der Waals surface area contributed by atoms with Crippen LogP contribution in [0, 0.1) is 0 Å². The molecule has 2 heterocycles. The smallest absolute Gasteiger partial charge is 0.411 e. The number of nitrogens with one attached hydrogen (secondary N) is 1. The van der Waals surface area contributed by atoms with Crippen LogP contribution < -0.4 is 5.32 Å². The van der Waals surface area contributed by atoms with Crippen molar-refractivity contribution in [3.8, 4) is 0 Å². The van der Waals surface area contributed by atoms with Crippen molar-refractivity contribution in [2.24, 2.45) is 0 Å². The van der Waals surface area contributed by atoms with Crippen LogP contribution in [-0.2, 0) is 25.5 Å². The van der Waals surface area contributed by atoms with E-state index in [4.69, 9.17) is 14.2 Å². The molecule has 0 unspecified atom stereocenters. The van der Waals surface area contributed by atoms with Crippen LogP contribution in [-0.4, -0.2) is 65.9 Å². The molecule has 0 spiro atoms. The maximum atomic E-state index is 12.6. The van der Waals surface area contributed by atoms with Gasteiger partial charge in [-0.15, -0.1) is 0 Å². The monoisotopic (exact) mass is 393 g/mol. The third-order valence-electron chi connectivity index (χ3n) is 3.84. The molecule has 2 rings (SSSR count). The van der Waals surface area contributed by atoms with Crippen LogP contribution in [0.3, 0.4) is 0 Å². The molecule has 0 aromatic carbocycles. The fourth-order valence-electron chi connectivity index (χ4n) is 2.52. The molecule has 1 atom stereocenters. The van der Waals surface area contributed by atoms with Crippen molar-refractivity contribution in [1.29, 1.82) is 0 Å². The lowest BCUT2D eigenvalue weighted by Crippen LogP contribution is -2.56. The number of amides is 2. The van der Waals surface area contributed by atoms with E-state index in [1.165, 1.54) is 11.1 Å². The van der Waals surface area contributed by atoms with E-state index in [-0.39, 0.29) is 32.2 Å². The summed E-state index contributed by atoms with van der Waals surface area (Å²) >= 11 is 0. The summed E-state index contributed by atoms with van der Waals surface area (Å²) in [5, 5.41) is 2.74. The summed E-state index contributed by atoms with van der Waals surface area (Å²) < 4.78 is 15.6. The Morgan fingerprint density at radius 1 is 1.32 bits per heavy atom. The first-order valence-corrected chi connectivity index (χ1v) is 9.18. The Bertz CT molecular complexity index is 699. The first-order valence-electron chi connectivity index (χ1n) is 9.18. The van der Waals surface area contributed by atoms with E-state index in [9.17, 15) is 14.4 Å². The molecule has 1 aliphatic rings. The first kappa shape index (κ1) is 21.6. The third-order valence-corrected chi connectivity index (χ3v) is 3.84. The Hall–Kier alpha value is -2.68. The molecule has 1 aromatic rings. The van der Waals surface area contributed by atoms with Crippen molar-refractivity contribution >= 4 is 18.0 Å². The third kappa shape index (κ3) is 6.19. The van der Waals surface area contributed by atoms with Gasteiger partial charge < -0.3 is 19.5 Å². The highest BCUT2D eigenvalue weighted by molar-refractivity contribution is 5.89. The van der Waals surface area contributed by atoms with Crippen molar-refractivity contribution in [3.05, 3.63) is 29.6 Å². The second-order valence-electron chi connectivity index (χ2n) is 7.24. The molecule has 9 heteroatoms. The summed E-state index contributed by atoms with van der Waals surface area (Å²) in [5.74, 6) is -0.806. The van der Waals surface area contributed by atoms with Crippen LogP contribution in [0.15, 0.2) is 18.3 Å². The summed E-state index contributed by atoms with van der Waals surface area (Å²) in [7, 11) is 0. The lowest BCUT2D eigenvalue weighted by Gasteiger charge is -2.35. The number of nitrogens with zero attached hydrogens (tertiary/aromatic N) is 2. The van der Waals surface area contributed by atoms with E-state index in [0.717, 1.165) is 0 Å². The average Bonchev–Trinajstić information content (AvgIpc) is 2.65. The number of morpholine rings is 1. The van der Waals surface area contributed by atoms with Gasteiger partial charge in [0.2, 0.25) is 5.91 Å². The number of hydrogen-bond acceptors (Lipinski definition) is 7. The maximum Gasteiger partial charge on any atom is 0.411 e. The molecule has 1 N–H and O–H groups in total. The van der Waals surface area contributed by atoms with Crippen molar-refractivity contribution in [3.63, 3.8) is 0 Å². The second-order valence-corrected chi connectivity index (χ2v) is 7.24. The number of esters is 1. The Morgan fingerprint density at radius 3 is 2.68 bits per heavy atom. The fourth-order valence-corrected chi connectivity index (χ4v) is 2.52. The highest BCUT2D eigenvalue weighted by Crippen LogP contribution is 2.15. The lowest BCUT2D eigenvalue weighted by atomic mass is 10.2. The van der Waals surface area contributed by atoms with Crippen molar-refractivity contribution < 1.29 is 28.6 Å². The number of rotatable bonds is 5. The van der Waals surface area contributed by atoms with Crippen LogP contribution in [0.4, 0.5) is 4.79 Å². The van der Waals surface area contributed by atoms with Crippen molar-refractivity contribution in [2.75, 3.05) is 26.4 Å². The van der Waals surface area contributed by atoms with E-state index in [1.807, 2.05) is 0 Å². The molecule has 154 valence electrons. The highest BCUT2D eigenvalue weighted by atomic mass is 16.6. The van der Waals surface area contributed by atoms with Gasteiger partial charge in [-0.3, -0.25) is 14.7 Å². The molecule has 0 bridgehead atoms. The van der Waals surface area contributed by atoms with E-state index >= 15 is 0 Å². The van der Waals surface area contributed by atoms with E-state index in [0.29, 0.717) is 17.9 Å². The fraction of sp³-hybridized carbons (Fsp3) is 0.579. The molecule has 1 aromatic heterocycles. The van der Waals surface area contributed by atoms with Crippen molar-refractivity contribution in [2.45, 2.75) is 45.9 Å². The minimum atomic E-state index is -0.776. The molecule has 28 heavy (non-hydrogen) atoms. The Morgan fingerprint density at radius 2 is 2.07 bits per heavy atom. The van der Waals surface area contributed by atoms with Gasteiger partial charge in [0.05, 0.1) is 37.6 Å². The van der Waals surface area contributed by atoms with Gasteiger partial charge in [0.15, 0.2) is 0 Å². The molecule has 1 saturated heterocycles. The van der Waals surface area contributed by atoms with Crippen LogP contribution >= 0.6 is 0 Å². The number of pyridine rings is 1. The van der Waals surface area contributed by atoms with Gasteiger partial charge in [0.1, 0.15) is 11.6 Å². The van der Waals surface area contributed by atoms with Gasteiger partial charge in [-0.25, -0.2) is 9.59 Å². The molecule has 2 amide bonds. The van der Waals surface area contributed by atoms with Gasteiger partial charge in [0.25, 0.3) is 0 Å². The van der Waals surface area contributed by atoms with E-state index in [1.54, 1.807) is 39.8 Å². The van der Waals surface area contributed by atoms with Gasteiger partial charge in [0, 0.05) is 12.7 Å². The van der Waals surface area contributed by atoms with Gasteiger partial charge in [-0.1, -0.05) is 0 Å². The number of aromatic nitrogens is 1. The number of carbonyl (C=O) groups is 3. The zero-order chi connectivity index (χ0) is 20.7. The minimum Gasteiger partial charge on any atom is -0.462 e. The molecule has 0 aliphatic carbocycles. The summed E-state index contributed by atoms with van der Waals surface area (Å²) in [5.41, 5.74) is 0.261. The topological polar surface area (TPSA) is 107 Å². The summed E-state index contributed by atoms with van der Waals surface area (Å²) in [4.78, 5) is 42.1. The highest BCUT2D eigenvalue weighted by Gasteiger charge is 2.35. The predicted molar refractivity (Wildman–Crippen MR) is 99.6 cm³/mol. The number of ether oxygens (including phenoxy) is 3. The number of carbonyl (C=O) groups excluding carboxylic acids is 3. The second kappa shape index (κ2) is 9.50. The Labute approximate surface area is 164 Å². The number of hydrogen-bond donors (Lipinski definition) is 1. The quantitative estimate of drug-likeness (QED) is 0.756. The molecule has 0 saturated carbocycles. The van der Waals surface area contributed by atoms with Gasteiger partial charge >= 0.3 is 12.1 Å². The van der Waals surface area contributed by atoms with E-state index in [2.05, 4.69) is 10.3 Å². The zero-order valence-corrected chi connectivity index (χ0v) is 16.7.